The maximum Gasteiger partial charge on any atom is 0.233 e. The third-order valence-electron chi connectivity index (χ3n) is 3.87. The summed E-state index contributed by atoms with van der Waals surface area (Å²) in [5.41, 5.74) is 0.710. The lowest BCUT2D eigenvalue weighted by Gasteiger charge is -2.13. The molecule has 146 valence electrons. The second-order valence-corrected chi connectivity index (χ2v) is 8.04. The van der Waals surface area contributed by atoms with Gasteiger partial charge in [-0.25, -0.2) is 0 Å². The Balaban J connectivity index is 1.77. The second-order valence-electron chi connectivity index (χ2n) is 5.89. The molecule has 3 rings (SSSR count). The van der Waals surface area contributed by atoms with Crippen molar-refractivity contribution in [3.63, 3.8) is 0 Å². The largest absolute Gasteiger partial charge is 0.467 e. The van der Waals surface area contributed by atoms with Crippen LogP contribution < -0.4 is 5.32 Å². The number of hydrogen-bond donors (Lipinski definition) is 1. The number of hydrogen-bond acceptors (Lipinski definition) is 5. The highest BCUT2D eigenvalue weighted by Crippen LogP contribution is 2.32. The Morgan fingerprint density at radius 1 is 1.39 bits per heavy atom. The molecular formula is C19H18Cl2N4O2S. The van der Waals surface area contributed by atoms with E-state index in [2.05, 4.69) is 22.1 Å². The van der Waals surface area contributed by atoms with Gasteiger partial charge in [0.05, 0.1) is 23.1 Å². The zero-order valence-corrected chi connectivity index (χ0v) is 17.4. The zero-order chi connectivity index (χ0) is 20.1. The van der Waals surface area contributed by atoms with E-state index in [1.807, 2.05) is 11.5 Å². The van der Waals surface area contributed by atoms with Crippen LogP contribution in [0.1, 0.15) is 12.7 Å². The molecule has 0 bridgehead atoms. The number of amides is 1. The molecule has 1 aromatic carbocycles. The van der Waals surface area contributed by atoms with Gasteiger partial charge in [0, 0.05) is 17.1 Å². The minimum absolute atomic E-state index is 0.124. The van der Waals surface area contributed by atoms with Gasteiger partial charge in [0.25, 0.3) is 0 Å². The highest BCUT2D eigenvalue weighted by molar-refractivity contribution is 8.00. The SMILES string of the molecule is C=CCn1c(SC(C)C(=O)NCc2ccco2)nnc1-c1ccc(Cl)cc1Cl. The van der Waals surface area contributed by atoms with Gasteiger partial charge in [0.2, 0.25) is 5.91 Å². The Kier molecular flexibility index (Phi) is 6.83. The molecule has 1 atom stereocenters. The molecule has 6 nitrogen and oxygen atoms in total. The monoisotopic (exact) mass is 436 g/mol. The average Bonchev–Trinajstić information content (AvgIpc) is 3.31. The molecule has 1 unspecified atom stereocenters. The van der Waals surface area contributed by atoms with Crippen molar-refractivity contribution in [1.82, 2.24) is 20.1 Å². The molecule has 2 heterocycles. The van der Waals surface area contributed by atoms with Crippen LogP contribution in [0.2, 0.25) is 10.0 Å². The fourth-order valence-corrected chi connectivity index (χ4v) is 3.86. The number of aromatic nitrogens is 3. The van der Waals surface area contributed by atoms with E-state index in [1.54, 1.807) is 42.7 Å². The normalized spacial score (nSPS) is 12.0. The lowest BCUT2D eigenvalue weighted by molar-refractivity contribution is -0.120. The van der Waals surface area contributed by atoms with Crippen LogP contribution in [0.5, 0.6) is 0 Å². The molecule has 0 radical (unpaired) electrons. The molecule has 0 saturated heterocycles. The van der Waals surface area contributed by atoms with Crippen molar-refractivity contribution in [2.24, 2.45) is 0 Å². The van der Waals surface area contributed by atoms with Crippen LogP contribution in [0.15, 0.2) is 58.8 Å². The van der Waals surface area contributed by atoms with Gasteiger partial charge in [-0.1, -0.05) is 41.0 Å². The van der Waals surface area contributed by atoms with Gasteiger partial charge < -0.3 is 9.73 Å². The molecule has 0 fully saturated rings. The number of benzene rings is 1. The number of allylic oxidation sites excluding steroid dienone is 1. The highest BCUT2D eigenvalue weighted by Gasteiger charge is 2.21. The minimum atomic E-state index is -0.378. The van der Waals surface area contributed by atoms with Crippen LogP contribution in [0.3, 0.4) is 0 Å². The maximum absolute atomic E-state index is 12.4. The Labute approximate surface area is 176 Å². The minimum Gasteiger partial charge on any atom is -0.467 e. The van der Waals surface area contributed by atoms with E-state index >= 15 is 0 Å². The predicted molar refractivity (Wildman–Crippen MR) is 112 cm³/mol. The van der Waals surface area contributed by atoms with E-state index in [0.29, 0.717) is 45.4 Å². The maximum atomic E-state index is 12.4. The third-order valence-corrected chi connectivity index (χ3v) is 5.50. The first kappa shape index (κ1) is 20.5. The molecule has 0 aliphatic rings. The predicted octanol–water partition coefficient (Wildman–Crippen LogP) is 4.83. The summed E-state index contributed by atoms with van der Waals surface area (Å²) in [5.74, 6) is 1.16. The lowest BCUT2D eigenvalue weighted by Crippen LogP contribution is -2.30. The molecular weight excluding hydrogens is 419 g/mol. The van der Waals surface area contributed by atoms with E-state index < -0.39 is 0 Å². The van der Waals surface area contributed by atoms with Crippen molar-refractivity contribution in [2.45, 2.75) is 30.4 Å². The summed E-state index contributed by atoms with van der Waals surface area (Å²) in [5, 5.41) is 12.6. The number of furan rings is 1. The number of carbonyl (C=O) groups excluding carboxylic acids is 1. The molecule has 9 heteroatoms. The summed E-state index contributed by atoms with van der Waals surface area (Å²) >= 11 is 13.6. The van der Waals surface area contributed by atoms with Gasteiger partial charge in [-0.15, -0.1) is 16.8 Å². The summed E-state index contributed by atoms with van der Waals surface area (Å²) in [7, 11) is 0. The Bertz CT molecular complexity index is 972. The van der Waals surface area contributed by atoms with Gasteiger partial charge in [-0.3, -0.25) is 9.36 Å². The van der Waals surface area contributed by atoms with Crippen LogP contribution >= 0.6 is 35.0 Å². The van der Waals surface area contributed by atoms with Gasteiger partial charge in [-0.05, 0) is 37.3 Å². The topological polar surface area (TPSA) is 73.0 Å². The summed E-state index contributed by atoms with van der Waals surface area (Å²) in [6, 6.07) is 8.78. The van der Waals surface area contributed by atoms with Gasteiger partial charge in [0.15, 0.2) is 11.0 Å². The fraction of sp³-hybridized carbons (Fsp3) is 0.211. The molecule has 1 amide bonds. The summed E-state index contributed by atoms with van der Waals surface area (Å²) in [6.45, 7) is 6.41. The van der Waals surface area contributed by atoms with Crippen molar-refractivity contribution in [3.05, 3.63) is 65.1 Å². The van der Waals surface area contributed by atoms with E-state index in [4.69, 9.17) is 27.6 Å². The second kappa shape index (κ2) is 9.32. The molecule has 0 saturated carbocycles. The summed E-state index contributed by atoms with van der Waals surface area (Å²) in [6.07, 6.45) is 3.31. The Morgan fingerprint density at radius 3 is 2.89 bits per heavy atom. The summed E-state index contributed by atoms with van der Waals surface area (Å²) in [4.78, 5) is 12.4. The Hall–Kier alpha value is -2.22. The first-order chi connectivity index (χ1) is 13.5. The van der Waals surface area contributed by atoms with Crippen molar-refractivity contribution in [1.29, 1.82) is 0 Å². The van der Waals surface area contributed by atoms with E-state index in [0.717, 1.165) is 0 Å². The van der Waals surface area contributed by atoms with Gasteiger partial charge in [0.1, 0.15) is 5.76 Å². The first-order valence-electron chi connectivity index (χ1n) is 8.46. The summed E-state index contributed by atoms with van der Waals surface area (Å²) < 4.78 is 7.09. The molecule has 3 aromatic rings. The number of rotatable bonds is 8. The van der Waals surface area contributed by atoms with Crippen LogP contribution in [-0.2, 0) is 17.9 Å². The van der Waals surface area contributed by atoms with Crippen LogP contribution in [-0.4, -0.2) is 25.9 Å². The number of carbonyl (C=O) groups is 1. The quantitative estimate of drug-likeness (QED) is 0.404. The zero-order valence-electron chi connectivity index (χ0n) is 15.1. The standard InChI is InChI=1S/C19H18Cl2N4O2S/c1-3-8-25-17(15-7-6-13(20)10-16(15)21)23-24-19(25)28-12(2)18(26)22-11-14-5-4-9-27-14/h3-7,9-10,12H,1,8,11H2,2H3,(H,22,26). The molecule has 28 heavy (non-hydrogen) atoms. The number of nitrogens with one attached hydrogen (secondary N) is 1. The Morgan fingerprint density at radius 2 is 2.21 bits per heavy atom. The molecule has 1 N–H and O–H groups in total. The van der Waals surface area contributed by atoms with E-state index in [1.165, 1.54) is 11.8 Å². The van der Waals surface area contributed by atoms with Crippen molar-refractivity contribution >= 4 is 40.9 Å². The van der Waals surface area contributed by atoms with E-state index in [9.17, 15) is 4.79 Å². The van der Waals surface area contributed by atoms with Crippen LogP contribution in [0.25, 0.3) is 11.4 Å². The molecule has 0 aliphatic carbocycles. The average molecular weight is 437 g/mol. The van der Waals surface area contributed by atoms with Crippen molar-refractivity contribution < 1.29 is 9.21 Å². The molecule has 0 spiro atoms. The lowest BCUT2D eigenvalue weighted by atomic mass is 10.2. The number of halogens is 2. The van der Waals surface area contributed by atoms with E-state index in [-0.39, 0.29) is 11.2 Å². The first-order valence-corrected chi connectivity index (χ1v) is 10.1. The molecule has 2 aromatic heterocycles. The van der Waals surface area contributed by atoms with Crippen molar-refractivity contribution in [3.8, 4) is 11.4 Å². The van der Waals surface area contributed by atoms with Crippen molar-refractivity contribution in [2.75, 3.05) is 0 Å². The van der Waals surface area contributed by atoms with Crippen LogP contribution in [0.4, 0.5) is 0 Å². The van der Waals surface area contributed by atoms with Gasteiger partial charge >= 0.3 is 0 Å². The third kappa shape index (κ3) is 4.79. The molecule has 0 aliphatic heterocycles. The van der Waals surface area contributed by atoms with Crippen LogP contribution in [0, 0.1) is 0 Å². The number of thioether (sulfide) groups is 1. The fourth-order valence-electron chi connectivity index (χ4n) is 2.48. The smallest absolute Gasteiger partial charge is 0.233 e. The number of nitrogens with zero attached hydrogens (tertiary/aromatic N) is 3. The highest BCUT2D eigenvalue weighted by atomic mass is 35.5. The van der Waals surface area contributed by atoms with Gasteiger partial charge in [-0.2, -0.15) is 0 Å².